The van der Waals surface area contributed by atoms with Crippen LogP contribution in [0.5, 0.6) is 0 Å². The van der Waals surface area contributed by atoms with Gasteiger partial charge >= 0.3 is 0 Å². The molecular formula is C17H19N7. The maximum atomic E-state index is 4.57. The van der Waals surface area contributed by atoms with Gasteiger partial charge in [-0.25, -0.2) is 19.9 Å². The van der Waals surface area contributed by atoms with Crippen LogP contribution in [-0.4, -0.2) is 42.6 Å². The van der Waals surface area contributed by atoms with Crippen molar-refractivity contribution in [2.75, 3.05) is 18.0 Å². The van der Waals surface area contributed by atoms with Gasteiger partial charge < -0.3 is 9.47 Å². The number of imidazole rings is 1. The zero-order valence-electron chi connectivity index (χ0n) is 13.6. The first kappa shape index (κ1) is 14.7. The Kier molecular flexibility index (Phi) is 3.90. The molecular weight excluding hydrogens is 302 g/mol. The zero-order chi connectivity index (χ0) is 16.4. The van der Waals surface area contributed by atoms with Gasteiger partial charge in [0.05, 0.1) is 11.9 Å². The number of aryl methyl sites for hydroxylation is 1. The van der Waals surface area contributed by atoms with Crippen molar-refractivity contribution in [2.45, 2.75) is 12.8 Å². The molecule has 7 heteroatoms. The molecule has 24 heavy (non-hydrogen) atoms. The Morgan fingerprint density at radius 3 is 2.62 bits per heavy atom. The van der Waals surface area contributed by atoms with E-state index in [4.69, 9.17) is 0 Å². The molecule has 0 radical (unpaired) electrons. The maximum Gasteiger partial charge on any atom is 0.225 e. The SMILES string of the molecule is Cn1ccnc1-c1cnc(C[C@H]2CCN(c3ncccn3)C2)cn1. The number of nitrogens with zero attached hydrogens (tertiary/aromatic N) is 7. The van der Waals surface area contributed by atoms with Gasteiger partial charge in [-0.1, -0.05) is 0 Å². The first-order valence-electron chi connectivity index (χ1n) is 8.10. The van der Waals surface area contributed by atoms with Crippen LogP contribution in [0.15, 0.2) is 43.2 Å². The topological polar surface area (TPSA) is 72.6 Å². The summed E-state index contributed by atoms with van der Waals surface area (Å²) in [6.45, 7) is 1.96. The summed E-state index contributed by atoms with van der Waals surface area (Å²) in [4.78, 5) is 24.3. The summed E-state index contributed by atoms with van der Waals surface area (Å²) in [5.74, 6) is 2.21. The summed E-state index contributed by atoms with van der Waals surface area (Å²) < 4.78 is 1.94. The van der Waals surface area contributed by atoms with Crippen molar-refractivity contribution in [2.24, 2.45) is 13.0 Å². The fourth-order valence-electron chi connectivity index (χ4n) is 3.12. The Labute approximate surface area is 140 Å². The second kappa shape index (κ2) is 6.35. The summed E-state index contributed by atoms with van der Waals surface area (Å²) in [5, 5.41) is 0. The van der Waals surface area contributed by atoms with Crippen molar-refractivity contribution in [1.82, 2.24) is 29.5 Å². The molecule has 7 nitrogen and oxygen atoms in total. The van der Waals surface area contributed by atoms with Crippen molar-refractivity contribution < 1.29 is 0 Å². The summed E-state index contributed by atoms with van der Waals surface area (Å²) in [6, 6.07) is 1.84. The second-order valence-corrected chi connectivity index (χ2v) is 6.11. The summed E-state index contributed by atoms with van der Waals surface area (Å²) >= 11 is 0. The van der Waals surface area contributed by atoms with Crippen molar-refractivity contribution >= 4 is 5.95 Å². The minimum absolute atomic E-state index is 0.558. The molecule has 1 aliphatic rings. The van der Waals surface area contributed by atoms with E-state index in [1.54, 1.807) is 18.6 Å². The normalized spacial score (nSPS) is 17.4. The lowest BCUT2D eigenvalue weighted by Gasteiger charge is -2.15. The molecule has 0 amide bonds. The van der Waals surface area contributed by atoms with Crippen LogP contribution in [0.25, 0.3) is 11.5 Å². The fraction of sp³-hybridized carbons (Fsp3) is 0.353. The van der Waals surface area contributed by atoms with E-state index in [1.807, 2.05) is 36.3 Å². The highest BCUT2D eigenvalue weighted by Crippen LogP contribution is 2.23. The molecule has 0 N–H and O–H groups in total. The molecule has 0 bridgehead atoms. The minimum Gasteiger partial charge on any atom is -0.341 e. The maximum absolute atomic E-state index is 4.57. The molecule has 3 aromatic heterocycles. The molecule has 1 fully saturated rings. The number of aromatic nitrogens is 6. The quantitative estimate of drug-likeness (QED) is 0.729. The van der Waals surface area contributed by atoms with Crippen LogP contribution >= 0.6 is 0 Å². The summed E-state index contributed by atoms with van der Waals surface area (Å²) in [6.07, 6.45) is 13.0. The van der Waals surface area contributed by atoms with E-state index in [-0.39, 0.29) is 0 Å². The van der Waals surface area contributed by atoms with Gasteiger partial charge in [-0.05, 0) is 24.8 Å². The number of rotatable bonds is 4. The van der Waals surface area contributed by atoms with E-state index in [2.05, 4.69) is 29.8 Å². The molecule has 1 atom stereocenters. The van der Waals surface area contributed by atoms with Gasteiger partial charge in [0.2, 0.25) is 5.95 Å². The molecule has 122 valence electrons. The lowest BCUT2D eigenvalue weighted by molar-refractivity contribution is 0.575. The van der Waals surface area contributed by atoms with Crippen molar-refractivity contribution in [1.29, 1.82) is 0 Å². The van der Waals surface area contributed by atoms with E-state index < -0.39 is 0 Å². The molecule has 0 aliphatic carbocycles. The van der Waals surface area contributed by atoms with Crippen LogP contribution in [0.3, 0.4) is 0 Å². The smallest absolute Gasteiger partial charge is 0.225 e. The van der Waals surface area contributed by atoms with Gasteiger partial charge in [0.15, 0.2) is 5.82 Å². The Hall–Kier alpha value is -2.83. The summed E-state index contributed by atoms with van der Waals surface area (Å²) in [5.41, 5.74) is 1.82. The van der Waals surface area contributed by atoms with E-state index >= 15 is 0 Å². The Morgan fingerprint density at radius 2 is 1.92 bits per heavy atom. The van der Waals surface area contributed by atoms with Crippen LogP contribution in [0, 0.1) is 5.92 Å². The van der Waals surface area contributed by atoms with E-state index in [1.165, 1.54) is 0 Å². The van der Waals surface area contributed by atoms with Gasteiger partial charge in [0.25, 0.3) is 0 Å². The number of hydrogen-bond donors (Lipinski definition) is 0. The van der Waals surface area contributed by atoms with Crippen molar-refractivity contribution in [3.63, 3.8) is 0 Å². The van der Waals surface area contributed by atoms with Gasteiger partial charge in [-0.3, -0.25) is 4.98 Å². The van der Waals surface area contributed by atoms with Crippen LogP contribution in [0.4, 0.5) is 5.95 Å². The van der Waals surface area contributed by atoms with Gasteiger partial charge in [0, 0.05) is 51.1 Å². The standard InChI is InChI=1S/C17H19N7/c1-23-8-6-18-16(23)15-11-21-14(10-22-15)9-13-3-7-24(12-13)17-19-4-2-5-20-17/h2,4-6,8,10-11,13H,3,7,9,12H2,1H3/t13-/m1/s1. The molecule has 0 saturated carbocycles. The molecule has 1 aliphatic heterocycles. The first-order valence-corrected chi connectivity index (χ1v) is 8.10. The molecule has 0 unspecified atom stereocenters. The second-order valence-electron chi connectivity index (χ2n) is 6.11. The van der Waals surface area contributed by atoms with Crippen molar-refractivity contribution in [3.05, 3.63) is 48.9 Å². The molecule has 3 aromatic rings. The third kappa shape index (κ3) is 2.97. The van der Waals surface area contributed by atoms with Crippen LogP contribution in [-0.2, 0) is 13.5 Å². The van der Waals surface area contributed by atoms with Crippen LogP contribution in [0.2, 0.25) is 0 Å². The van der Waals surface area contributed by atoms with E-state index in [0.717, 1.165) is 49.1 Å². The third-order valence-corrected chi connectivity index (χ3v) is 4.37. The molecule has 1 saturated heterocycles. The highest BCUT2D eigenvalue weighted by atomic mass is 15.3. The Morgan fingerprint density at radius 1 is 1.04 bits per heavy atom. The largest absolute Gasteiger partial charge is 0.341 e. The lowest BCUT2D eigenvalue weighted by Crippen LogP contribution is -2.22. The first-order chi connectivity index (χ1) is 11.8. The predicted molar refractivity (Wildman–Crippen MR) is 90.3 cm³/mol. The molecule has 4 rings (SSSR count). The molecule has 0 spiro atoms. The third-order valence-electron chi connectivity index (χ3n) is 4.37. The average Bonchev–Trinajstić information content (AvgIpc) is 3.26. The molecule has 4 heterocycles. The van der Waals surface area contributed by atoms with Crippen LogP contribution in [0.1, 0.15) is 12.1 Å². The van der Waals surface area contributed by atoms with Gasteiger partial charge in [-0.2, -0.15) is 0 Å². The summed E-state index contributed by atoms with van der Waals surface area (Å²) in [7, 11) is 1.96. The highest BCUT2D eigenvalue weighted by Gasteiger charge is 2.24. The van der Waals surface area contributed by atoms with E-state index in [9.17, 15) is 0 Å². The minimum atomic E-state index is 0.558. The predicted octanol–water partition coefficient (Wildman–Crippen LogP) is 1.74. The monoisotopic (exact) mass is 321 g/mol. The molecule has 0 aromatic carbocycles. The average molecular weight is 321 g/mol. The lowest BCUT2D eigenvalue weighted by atomic mass is 10.0. The van der Waals surface area contributed by atoms with Crippen molar-refractivity contribution in [3.8, 4) is 11.5 Å². The van der Waals surface area contributed by atoms with Crippen LogP contribution < -0.4 is 4.90 Å². The van der Waals surface area contributed by atoms with E-state index in [0.29, 0.717) is 5.92 Å². The highest BCUT2D eigenvalue weighted by molar-refractivity contribution is 5.47. The van der Waals surface area contributed by atoms with Gasteiger partial charge in [0.1, 0.15) is 5.69 Å². The fourth-order valence-corrected chi connectivity index (χ4v) is 3.12. The number of hydrogen-bond acceptors (Lipinski definition) is 6. The zero-order valence-corrected chi connectivity index (χ0v) is 13.6. The Balaban J connectivity index is 1.40. The Bertz CT molecular complexity index is 797. The number of anilines is 1. The van der Waals surface area contributed by atoms with Gasteiger partial charge in [-0.15, -0.1) is 0 Å².